The Morgan fingerprint density at radius 2 is 1.66 bits per heavy atom. The zero-order chi connectivity index (χ0) is 23.5. The van der Waals surface area contributed by atoms with Gasteiger partial charge in [-0.05, 0) is 43.5 Å². The van der Waals surface area contributed by atoms with Crippen LogP contribution in [0.25, 0.3) is 0 Å². The lowest BCUT2D eigenvalue weighted by Crippen LogP contribution is -2.43. The van der Waals surface area contributed by atoms with Crippen LogP contribution in [0.5, 0.6) is 0 Å². The molecule has 0 bridgehead atoms. The highest BCUT2D eigenvalue weighted by atomic mass is 32.2. The first-order chi connectivity index (χ1) is 15.1. The van der Waals surface area contributed by atoms with Crippen molar-refractivity contribution in [2.45, 2.75) is 43.5 Å². The molecule has 1 aliphatic heterocycles. The molecule has 1 unspecified atom stereocenters. The fourth-order valence-electron chi connectivity index (χ4n) is 3.68. The van der Waals surface area contributed by atoms with Gasteiger partial charge < -0.3 is 5.32 Å². The van der Waals surface area contributed by atoms with E-state index in [1.54, 1.807) is 0 Å². The summed E-state index contributed by atoms with van der Waals surface area (Å²) >= 11 is 0. The van der Waals surface area contributed by atoms with Crippen LogP contribution in [0.4, 0.5) is 17.1 Å². The molecule has 11 nitrogen and oxygen atoms in total. The van der Waals surface area contributed by atoms with Gasteiger partial charge >= 0.3 is 0 Å². The number of nitrogens with zero attached hydrogens (tertiary/aromatic N) is 3. The molecule has 0 aliphatic carbocycles. The summed E-state index contributed by atoms with van der Waals surface area (Å²) in [4.78, 5) is 33.0. The van der Waals surface area contributed by atoms with Gasteiger partial charge in [0.15, 0.2) is 0 Å². The quantitative estimate of drug-likeness (QED) is 0.486. The van der Waals surface area contributed by atoms with E-state index >= 15 is 0 Å². The Bertz CT molecular complexity index is 1120. The van der Waals surface area contributed by atoms with E-state index in [0.29, 0.717) is 6.54 Å². The third-order valence-corrected chi connectivity index (χ3v) is 7.32. The first-order valence-electron chi connectivity index (χ1n) is 10.0. The van der Waals surface area contributed by atoms with Gasteiger partial charge in [0, 0.05) is 30.4 Å². The van der Waals surface area contributed by atoms with Gasteiger partial charge in [0.2, 0.25) is 10.0 Å². The van der Waals surface area contributed by atoms with E-state index in [2.05, 4.69) is 5.32 Å². The molecule has 0 aromatic heterocycles. The number of hydrogen-bond donors (Lipinski definition) is 1. The standard InChI is InChI=1S/C20H22N4O7S/c1-2-16-5-3-4-10-22(16)32(30,31)19-8-6-15(7-9-19)21-20(25)14-11-17(23(26)27)13-18(12-14)24(28)29/h6-9,11-13,16H,2-5,10H2,1H3,(H,21,25). The summed E-state index contributed by atoms with van der Waals surface area (Å²) in [6.07, 6.45) is 3.34. The van der Waals surface area contributed by atoms with E-state index in [-0.39, 0.29) is 22.2 Å². The highest BCUT2D eigenvalue weighted by Crippen LogP contribution is 2.28. The Balaban J connectivity index is 1.81. The Labute approximate surface area is 184 Å². The SMILES string of the molecule is CCC1CCCCN1S(=O)(=O)c1ccc(NC(=O)c2cc([N+](=O)[O-])cc([N+](=O)[O-])c2)cc1. The first-order valence-corrected chi connectivity index (χ1v) is 11.4. The van der Waals surface area contributed by atoms with Crippen LogP contribution in [0.2, 0.25) is 0 Å². The van der Waals surface area contributed by atoms with Crippen molar-refractivity contribution in [1.29, 1.82) is 0 Å². The molecular weight excluding hydrogens is 440 g/mol. The molecule has 32 heavy (non-hydrogen) atoms. The molecule has 1 amide bonds. The van der Waals surface area contributed by atoms with Crippen LogP contribution < -0.4 is 5.32 Å². The average molecular weight is 462 g/mol. The lowest BCUT2D eigenvalue weighted by molar-refractivity contribution is -0.394. The number of amides is 1. The second-order valence-corrected chi connectivity index (χ2v) is 9.29. The minimum absolute atomic E-state index is 0.0437. The molecule has 1 saturated heterocycles. The van der Waals surface area contributed by atoms with Crippen LogP contribution in [0, 0.1) is 20.2 Å². The molecule has 170 valence electrons. The fourth-order valence-corrected chi connectivity index (χ4v) is 5.45. The summed E-state index contributed by atoms with van der Waals surface area (Å²) in [6.45, 7) is 2.42. The zero-order valence-electron chi connectivity index (χ0n) is 17.3. The smallest absolute Gasteiger partial charge is 0.277 e. The summed E-state index contributed by atoms with van der Waals surface area (Å²) in [5.41, 5.74) is -1.19. The van der Waals surface area contributed by atoms with Crippen molar-refractivity contribution in [2.24, 2.45) is 0 Å². The van der Waals surface area contributed by atoms with E-state index in [1.165, 1.54) is 28.6 Å². The van der Waals surface area contributed by atoms with Crippen molar-refractivity contribution >= 4 is 33.0 Å². The number of hydrogen-bond acceptors (Lipinski definition) is 7. The number of piperidine rings is 1. The maximum absolute atomic E-state index is 13.0. The molecule has 2 aromatic carbocycles. The number of carbonyl (C=O) groups excluding carboxylic acids is 1. The van der Waals surface area contributed by atoms with Crippen molar-refractivity contribution in [3.8, 4) is 0 Å². The van der Waals surface area contributed by atoms with Crippen LogP contribution in [0.3, 0.4) is 0 Å². The van der Waals surface area contributed by atoms with Crippen molar-refractivity contribution in [3.63, 3.8) is 0 Å². The molecule has 1 atom stereocenters. The minimum atomic E-state index is -3.68. The number of nitro groups is 2. The zero-order valence-corrected chi connectivity index (χ0v) is 18.1. The van der Waals surface area contributed by atoms with Crippen LogP contribution in [-0.4, -0.2) is 41.1 Å². The maximum atomic E-state index is 13.0. The molecule has 1 aliphatic rings. The lowest BCUT2D eigenvalue weighted by Gasteiger charge is -2.34. The van der Waals surface area contributed by atoms with Gasteiger partial charge in [-0.15, -0.1) is 0 Å². The third kappa shape index (κ3) is 4.92. The number of nitrogens with one attached hydrogen (secondary N) is 1. The van der Waals surface area contributed by atoms with Crippen molar-refractivity contribution in [3.05, 3.63) is 68.3 Å². The molecule has 3 rings (SSSR count). The molecular formula is C20H22N4O7S. The van der Waals surface area contributed by atoms with Crippen molar-refractivity contribution < 1.29 is 23.1 Å². The Kier molecular flexibility index (Phi) is 6.84. The summed E-state index contributed by atoms with van der Waals surface area (Å²) in [7, 11) is -3.68. The Morgan fingerprint density at radius 3 is 2.19 bits per heavy atom. The molecule has 1 heterocycles. The van der Waals surface area contributed by atoms with Crippen LogP contribution in [0.15, 0.2) is 47.4 Å². The predicted molar refractivity (Wildman–Crippen MR) is 116 cm³/mol. The van der Waals surface area contributed by atoms with E-state index in [9.17, 15) is 33.4 Å². The number of carbonyl (C=O) groups is 1. The van der Waals surface area contributed by atoms with Crippen LogP contribution >= 0.6 is 0 Å². The molecule has 1 N–H and O–H groups in total. The van der Waals surface area contributed by atoms with Crippen LogP contribution in [-0.2, 0) is 10.0 Å². The van der Waals surface area contributed by atoms with Gasteiger partial charge in [-0.2, -0.15) is 4.31 Å². The van der Waals surface area contributed by atoms with E-state index in [0.717, 1.165) is 43.9 Å². The summed E-state index contributed by atoms with van der Waals surface area (Å²) in [5.74, 6) is -0.797. The second kappa shape index (κ2) is 9.40. The van der Waals surface area contributed by atoms with Crippen molar-refractivity contribution in [1.82, 2.24) is 4.31 Å². The average Bonchev–Trinajstić information content (AvgIpc) is 2.78. The number of nitro benzene ring substituents is 2. The molecule has 0 radical (unpaired) electrons. The highest BCUT2D eigenvalue weighted by molar-refractivity contribution is 7.89. The lowest BCUT2D eigenvalue weighted by atomic mass is 10.0. The Hall–Kier alpha value is -3.38. The highest BCUT2D eigenvalue weighted by Gasteiger charge is 2.32. The number of rotatable bonds is 7. The number of sulfonamides is 1. The first kappa shape index (κ1) is 23.3. The monoisotopic (exact) mass is 462 g/mol. The number of non-ortho nitro benzene ring substituents is 2. The Morgan fingerprint density at radius 1 is 1.06 bits per heavy atom. The normalized spacial score (nSPS) is 17.0. The summed E-state index contributed by atoms with van der Waals surface area (Å²) in [6, 6.07) is 8.15. The fraction of sp³-hybridized carbons (Fsp3) is 0.350. The third-order valence-electron chi connectivity index (χ3n) is 5.35. The van der Waals surface area contributed by atoms with Gasteiger partial charge in [-0.1, -0.05) is 13.3 Å². The maximum Gasteiger partial charge on any atom is 0.277 e. The second-order valence-electron chi connectivity index (χ2n) is 7.40. The van der Waals surface area contributed by atoms with Gasteiger partial charge in [-0.25, -0.2) is 8.42 Å². The molecule has 0 spiro atoms. The van der Waals surface area contributed by atoms with E-state index < -0.39 is 37.2 Å². The van der Waals surface area contributed by atoms with Gasteiger partial charge in [-0.3, -0.25) is 25.0 Å². The molecule has 12 heteroatoms. The van der Waals surface area contributed by atoms with Crippen LogP contribution in [0.1, 0.15) is 43.0 Å². The molecule has 2 aromatic rings. The molecule has 0 saturated carbocycles. The van der Waals surface area contributed by atoms with E-state index in [4.69, 9.17) is 0 Å². The summed E-state index contributed by atoms with van der Waals surface area (Å²) < 4.78 is 27.6. The summed E-state index contributed by atoms with van der Waals surface area (Å²) in [5, 5.41) is 24.5. The number of anilines is 1. The number of benzene rings is 2. The largest absolute Gasteiger partial charge is 0.322 e. The van der Waals surface area contributed by atoms with Gasteiger partial charge in [0.25, 0.3) is 17.3 Å². The van der Waals surface area contributed by atoms with E-state index in [1.807, 2.05) is 6.92 Å². The van der Waals surface area contributed by atoms with Crippen molar-refractivity contribution in [2.75, 3.05) is 11.9 Å². The van der Waals surface area contributed by atoms with Gasteiger partial charge in [0.05, 0.1) is 26.4 Å². The molecule has 1 fully saturated rings. The minimum Gasteiger partial charge on any atom is -0.322 e. The predicted octanol–water partition coefficient (Wildman–Crippen LogP) is 3.71. The topological polar surface area (TPSA) is 153 Å². The van der Waals surface area contributed by atoms with Gasteiger partial charge in [0.1, 0.15) is 0 Å².